The average molecular weight is 265 g/mol. The molecule has 4 heteroatoms. The van der Waals surface area contributed by atoms with Crippen molar-refractivity contribution in [3.63, 3.8) is 0 Å². The van der Waals surface area contributed by atoms with Crippen molar-refractivity contribution in [3.8, 4) is 0 Å². The lowest BCUT2D eigenvalue weighted by molar-refractivity contribution is -0.143. The second-order valence-corrected chi connectivity index (χ2v) is 6.74. The number of carbonyl (C=O) groups is 1. The predicted molar refractivity (Wildman–Crippen MR) is 76.0 cm³/mol. The third-order valence-corrected chi connectivity index (χ3v) is 5.38. The predicted octanol–water partition coefficient (Wildman–Crippen LogP) is 1.07. The van der Waals surface area contributed by atoms with Gasteiger partial charge in [0.25, 0.3) is 0 Å². The zero-order valence-electron chi connectivity index (χ0n) is 12.2. The van der Waals surface area contributed by atoms with Crippen molar-refractivity contribution in [3.05, 3.63) is 0 Å². The molecule has 1 unspecified atom stereocenters. The minimum absolute atomic E-state index is 0.0446. The molecule has 3 fully saturated rings. The van der Waals surface area contributed by atoms with Gasteiger partial charge in [-0.2, -0.15) is 0 Å². The summed E-state index contributed by atoms with van der Waals surface area (Å²) in [6.45, 7) is 8.46. The van der Waals surface area contributed by atoms with Crippen LogP contribution < -0.4 is 5.32 Å². The summed E-state index contributed by atoms with van der Waals surface area (Å²) in [6, 6.07) is 0.708. The van der Waals surface area contributed by atoms with Crippen LogP contribution in [0.1, 0.15) is 39.0 Å². The zero-order valence-corrected chi connectivity index (χ0v) is 12.2. The van der Waals surface area contributed by atoms with Gasteiger partial charge in [0, 0.05) is 44.2 Å². The monoisotopic (exact) mass is 265 g/mol. The molecule has 1 saturated carbocycles. The molecule has 4 nitrogen and oxygen atoms in total. The fraction of sp³-hybridized carbons (Fsp3) is 0.933. The van der Waals surface area contributed by atoms with Gasteiger partial charge in [-0.05, 0) is 25.8 Å². The van der Waals surface area contributed by atoms with Crippen LogP contribution in [-0.2, 0) is 4.79 Å². The summed E-state index contributed by atoms with van der Waals surface area (Å²) < 4.78 is 0. The first-order valence-corrected chi connectivity index (χ1v) is 7.93. The number of hydrogen-bond acceptors (Lipinski definition) is 3. The minimum atomic E-state index is -0.0446. The topological polar surface area (TPSA) is 35.6 Å². The standard InChI is InChI=1S/C15H27N3O/c1-15(5-2-3-6-15)14(19)18-10-8-17(9-11-18)13-4-7-16-12-13/h13,16H,2-12H2,1H3. The van der Waals surface area contributed by atoms with Crippen molar-refractivity contribution in [1.82, 2.24) is 15.1 Å². The smallest absolute Gasteiger partial charge is 0.228 e. The maximum absolute atomic E-state index is 12.6. The molecule has 108 valence electrons. The minimum Gasteiger partial charge on any atom is -0.340 e. The molecule has 3 rings (SSSR count). The maximum atomic E-state index is 12.6. The number of rotatable bonds is 2. The maximum Gasteiger partial charge on any atom is 0.228 e. The largest absolute Gasteiger partial charge is 0.340 e. The van der Waals surface area contributed by atoms with Crippen molar-refractivity contribution in [2.24, 2.45) is 5.41 Å². The first-order valence-electron chi connectivity index (χ1n) is 7.93. The Labute approximate surface area is 116 Å². The van der Waals surface area contributed by atoms with Gasteiger partial charge >= 0.3 is 0 Å². The van der Waals surface area contributed by atoms with Crippen molar-refractivity contribution in [2.75, 3.05) is 39.3 Å². The van der Waals surface area contributed by atoms with E-state index < -0.39 is 0 Å². The number of carbonyl (C=O) groups excluding carboxylic acids is 1. The van der Waals surface area contributed by atoms with E-state index in [1.807, 2.05) is 0 Å². The van der Waals surface area contributed by atoms with Crippen LogP contribution in [0.3, 0.4) is 0 Å². The van der Waals surface area contributed by atoms with E-state index in [-0.39, 0.29) is 5.41 Å². The molecule has 19 heavy (non-hydrogen) atoms. The Balaban J connectivity index is 1.53. The van der Waals surface area contributed by atoms with Gasteiger partial charge in [-0.1, -0.05) is 19.8 Å². The first kappa shape index (κ1) is 13.4. The Morgan fingerprint density at radius 3 is 2.42 bits per heavy atom. The van der Waals surface area contributed by atoms with Gasteiger partial charge < -0.3 is 10.2 Å². The Morgan fingerprint density at radius 2 is 1.84 bits per heavy atom. The molecule has 0 aromatic rings. The summed E-state index contributed by atoms with van der Waals surface area (Å²) >= 11 is 0. The molecule has 1 atom stereocenters. The molecule has 0 aromatic heterocycles. The number of nitrogens with zero attached hydrogens (tertiary/aromatic N) is 2. The van der Waals surface area contributed by atoms with Gasteiger partial charge in [0.15, 0.2) is 0 Å². The highest BCUT2D eigenvalue weighted by Gasteiger charge is 2.40. The van der Waals surface area contributed by atoms with Crippen LogP contribution in [0.15, 0.2) is 0 Å². The molecule has 1 amide bonds. The fourth-order valence-corrected chi connectivity index (χ4v) is 3.99. The summed E-state index contributed by atoms with van der Waals surface area (Å²) in [6.07, 6.45) is 5.93. The fourth-order valence-electron chi connectivity index (χ4n) is 3.99. The van der Waals surface area contributed by atoms with Crippen LogP contribution in [0.25, 0.3) is 0 Å². The van der Waals surface area contributed by atoms with E-state index in [4.69, 9.17) is 0 Å². The van der Waals surface area contributed by atoms with Crippen molar-refractivity contribution >= 4 is 5.91 Å². The molecule has 2 saturated heterocycles. The highest BCUT2D eigenvalue weighted by molar-refractivity contribution is 5.82. The number of piperazine rings is 1. The highest BCUT2D eigenvalue weighted by atomic mass is 16.2. The SMILES string of the molecule is CC1(C(=O)N2CCN(C3CCNC3)CC2)CCCC1. The third kappa shape index (κ3) is 2.65. The normalized spacial score (nSPS) is 31.8. The lowest BCUT2D eigenvalue weighted by Gasteiger charge is -2.40. The molecule has 0 bridgehead atoms. The summed E-state index contributed by atoms with van der Waals surface area (Å²) in [5.41, 5.74) is -0.0446. The van der Waals surface area contributed by atoms with E-state index in [1.54, 1.807) is 0 Å². The third-order valence-electron chi connectivity index (χ3n) is 5.38. The van der Waals surface area contributed by atoms with Crippen molar-refractivity contribution in [2.45, 2.75) is 45.1 Å². The van der Waals surface area contributed by atoms with Gasteiger partial charge in [0.1, 0.15) is 0 Å². The molecule has 1 N–H and O–H groups in total. The number of hydrogen-bond donors (Lipinski definition) is 1. The van der Waals surface area contributed by atoms with E-state index in [0.717, 1.165) is 52.1 Å². The van der Waals surface area contributed by atoms with Crippen molar-refractivity contribution < 1.29 is 4.79 Å². The molecular formula is C15H27N3O. The van der Waals surface area contributed by atoms with Crippen LogP contribution >= 0.6 is 0 Å². The van der Waals surface area contributed by atoms with Crippen LogP contribution in [-0.4, -0.2) is 61.0 Å². The highest BCUT2D eigenvalue weighted by Crippen LogP contribution is 2.39. The molecule has 2 aliphatic heterocycles. The summed E-state index contributed by atoms with van der Waals surface area (Å²) in [5.74, 6) is 0.425. The van der Waals surface area contributed by atoms with Crippen LogP contribution in [0.5, 0.6) is 0 Å². The molecular weight excluding hydrogens is 238 g/mol. The molecule has 0 spiro atoms. The summed E-state index contributed by atoms with van der Waals surface area (Å²) in [7, 11) is 0. The van der Waals surface area contributed by atoms with Gasteiger partial charge in [-0.15, -0.1) is 0 Å². The van der Waals surface area contributed by atoms with Crippen LogP contribution in [0.4, 0.5) is 0 Å². The summed E-state index contributed by atoms with van der Waals surface area (Å²) in [5, 5.41) is 3.43. The van der Waals surface area contributed by atoms with E-state index in [2.05, 4.69) is 22.0 Å². The second-order valence-electron chi connectivity index (χ2n) is 6.74. The van der Waals surface area contributed by atoms with E-state index >= 15 is 0 Å². The van der Waals surface area contributed by atoms with Gasteiger partial charge in [0.2, 0.25) is 5.91 Å². The molecule has 0 aromatic carbocycles. The Morgan fingerprint density at radius 1 is 1.16 bits per heavy atom. The van der Waals surface area contributed by atoms with Crippen molar-refractivity contribution in [1.29, 1.82) is 0 Å². The molecule has 0 radical (unpaired) electrons. The molecule has 2 heterocycles. The van der Waals surface area contributed by atoms with Crippen LogP contribution in [0, 0.1) is 5.41 Å². The van der Waals surface area contributed by atoms with E-state index in [9.17, 15) is 4.79 Å². The zero-order chi connectivity index (χ0) is 13.3. The van der Waals surface area contributed by atoms with Gasteiger partial charge in [-0.25, -0.2) is 0 Å². The van der Waals surface area contributed by atoms with Gasteiger partial charge in [-0.3, -0.25) is 9.69 Å². The summed E-state index contributed by atoms with van der Waals surface area (Å²) in [4.78, 5) is 17.3. The number of amides is 1. The average Bonchev–Trinajstić information content (AvgIpc) is 3.10. The molecule has 3 aliphatic rings. The Bertz CT molecular complexity index is 324. The first-order chi connectivity index (χ1) is 9.19. The lowest BCUT2D eigenvalue weighted by Crippen LogP contribution is -2.54. The van der Waals surface area contributed by atoms with E-state index in [1.165, 1.54) is 19.3 Å². The number of nitrogens with one attached hydrogen (secondary N) is 1. The lowest BCUT2D eigenvalue weighted by atomic mass is 9.87. The Hall–Kier alpha value is -0.610. The Kier molecular flexibility index (Phi) is 3.81. The van der Waals surface area contributed by atoms with E-state index in [0.29, 0.717) is 11.9 Å². The quantitative estimate of drug-likeness (QED) is 0.811. The second kappa shape index (κ2) is 5.41. The molecule has 1 aliphatic carbocycles. The van der Waals surface area contributed by atoms with Crippen LogP contribution in [0.2, 0.25) is 0 Å². The van der Waals surface area contributed by atoms with Gasteiger partial charge in [0.05, 0.1) is 0 Å².